The number of amides is 1. The van der Waals surface area contributed by atoms with Gasteiger partial charge in [-0.1, -0.05) is 6.07 Å². The van der Waals surface area contributed by atoms with Crippen LogP contribution in [0.3, 0.4) is 0 Å². The largest absolute Gasteiger partial charge is 0.341 e. The second-order valence-corrected chi connectivity index (χ2v) is 12.0. The van der Waals surface area contributed by atoms with E-state index in [-0.39, 0.29) is 36.6 Å². The van der Waals surface area contributed by atoms with Crippen molar-refractivity contribution in [3.63, 3.8) is 0 Å². The first kappa shape index (κ1) is 23.8. The molecule has 7 nitrogen and oxygen atoms in total. The Kier molecular flexibility index (Phi) is 6.56. The molecule has 11 heteroatoms. The molecule has 1 fully saturated rings. The second-order valence-electron chi connectivity index (χ2n) is 8.16. The number of carbonyl (C=O) groups excluding carboxylic acids is 1. The van der Waals surface area contributed by atoms with Gasteiger partial charge in [0.1, 0.15) is 0 Å². The predicted molar refractivity (Wildman–Crippen MR) is 117 cm³/mol. The van der Waals surface area contributed by atoms with Crippen LogP contribution in [-0.2, 0) is 32.7 Å². The molecule has 2 aromatic carbocycles. The lowest BCUT2D eigenvalue weighted by atomic mass is 9.92. The Morgan fingerprint density at radius 1 is 0.788 bits per heavy atom. The molecule has 0 spiro atoms. The van der Waals surface area contributed by atoms with Gasteiger partial charge in [-0.05, 0) is 73.2 Å². The molecule has 1 aliphatic carbocycles. The van der Waals surface area contributed by atoms with Gasteiger partial charge in [0.25, 0.3) is 5.91 Å². The summed E-state index contributed by atoms with van der Waals surface area (Å²) in [6, 6.07) is 9.63. The summed E-state index contributed by atoms with van der Waals surface area (Å²) in [5.74, 6) is -3.95. The van der Waals surface area contributed by atoms with Crippen LogP contribution in [-0.4, -0.2) is 63.9 Å². The van der Waals surface area contributed by atoms with E-state index in [1.165, 1.54) is 26.9 Å². The minimum absolute atomic E-state index is 0.128. The first-order valence-electron chi connectivity index (χ1n) is 10.6. The minimum atomic E-state index is -4.73. The van der Waals surface area contributed by atoms with Crippen molar-refractivity contribution in [1.29, 1.82) is 0 Å². The molecular weight excluding hydrogens is 474 g/mol. The van der Waals surface area contributed by atoms with Crippen molar-refractivity contribution in [3.05, 3.63) is 59.2 Å². The molecule has 4 rings (SSSR count). The molecule has 0 aromatic heterocycles. The summed E-state index contributed by atoms with van der Waals surface area (Å²) in [7, 11) is -8.41. The van der Waals surface area contributed by atoms with Crippen LogP contribution < -0.4 is 0 Å². The number of carbonyl (C=O) groups is 1. The van der Waals surface area contributed by atoms with Gasteiger partial charge in [0.2, 0.25) is 19.9 Å². The van der Waals surface area contributed by atoms with Gasteiger partial charge < -0.3 is 4.90 Å². The number of nitrogens with zero attached hydrogens (tertiary/aromatic N) is 2. The maximum atomic E-state index is 13.1. The van der Waals surface area contributed by atoms with Crippen LogP contribution in [0.25, 0.3) is 0 Å². The Hall–Kier alpha value is -2.37. The van der Waals surface area contributed by atoms with Gasteiger partial charge in [0.05, 0.1) is 9.79 Å². The molecule has 1 amide bonds. The van der Waals surface area contributed by atoms with Crippen molar-refractivity contribution in [2.24, 2.45) is 0 Å². The van der Waals surface area contributed by atoms with Crippen molar-refractivity contribution in [3.8, 4) is 0 Å². The number of sulfonamides is 1. The Bertz CT molecular complexity index is 1250. The first-order chi connectivity index (χ1) is 15.6. The van der Waals surface area contributed by atoms with E-state index in [1.807, 2.05) is 6.07 Å². The number of hydrogen-bond acceptors (Lipinski definition) is 5. The highest BCUT2D eigenvalue weighted by molar-refractivity contribution is 7.91. The van der Waals surface area contributed by atoms with Crippen LogP contribution in [0.1, 0.15) is 34.3 Å². The summed E-state index contributed by atoms with van der Waals surface area (Å²) in [6.07, 6.45) is 4.00. The van der Waals surface area contributed by atoms with E-state index in [4.69, 9.17) is 0 Å². The molecule has 1 aliphatic heterocycles. The lowest BCUT2D eigenvalue weighted by molar-refractivity contribution is 0.0698. The lowest BCUT2D eigenvalue weighted by Crippen LogP contribution is -2.50. The van der Waals surface area contributed by atoms with E-state index < -0.39 is 36.4 Å². The SMILES string of the molecule is O=C(c1ccc(S(=O)(=O)C(F)F)cc1)N1CCN(S(=O)(=O)c2ccc3c(c2)CCCC3)CC1. The average molecular weight is 499 g/mol. The van der Waals surface area contributed by atoms with Crippen molar-refractivity contribution < 1.29 is 30.4 Å². The third-order valence-corrected chi connectivity index (χ3v) is 9.44. The number of hydrogen-bond donors (Lipinski definition) is 0. The zero-order valence-corrected chi connectivity index (χ0v) is 19.4. The smallest absolute Gasteiger partial charge is 0.336 e. The van der Waals surface area contributed by atoms with Gasteiger partial charge in [-0.25, -0.2) is 16.8 Å². The van der Waals surface area contributed by atoms with Crippen LogP contribution in [0.5, 0.6) is 0 Å². The number of rotatable bonds is 5. The van der Waals surface area contributed by atoms with E-state index in [0.717, 1.165) is 43.4 Å². The molecule has 0 atom stereocenters. The van der Waals surface area contributed by atoms with E-state index >= 15 is 0 Å². The zero-order chi connectivity index (χ0) is 23.8. The number of alkyl halides is 2. The van der Waals surface area contributed by atoms with Gasteiger partial charge in [0, 0.05) is 31.7 Å². The molecular formula is C22H24F2N2O5S2. The summed E-state index contributed by atoms with van der Waals surface area (Å²) in [5.41, 5.74) is 2.42. The molecule has 33 heavy (non-hydrogen) atoms. The van der Waals surface area contributed by atoms with Gasteiger partial charge in [-0.15, -0.1) is 0 Å². The maximum Gasteiger partial charge on any atom is 0.341 e. The molecule has 0 bridgehead atoms. The van der Waals surface area contributed by atoms with Gasteiger partial charge in [-0.2, -0.15) is 13.1 Å². The summed E-state index contributed by atoms with van der Waals surface area (Å²) < 4.78 is 76.0. The molecule has 178 valence electrons. The third kappa shape index (κ3) is 4.67. The fourth-order valence-corrected chi connectivity index (χ4v) is 6.42. The molecule has 0 N–H and O–H groups in total. The normalized spacial score (nSPS) is 17.7. The number of sulfone groups is 1. The van der Waals surface area contributed by atoms with Crippen LogP contribution in [0.2, 0.25) is 0 Å². The predicted octanol–water partition coefficient (Wildman–Crippen LogP) is 2.71. The number of aryl methyl sites for hydroxylation is 2. The molecule has 0 saturated carbocycles. The maximum absolute atomic E-state index is 13.1. The number of piperazine rings is 1. The monoisotopic (exact) mass is 498 g/mol. The van der Waals surface area contributed by atoms with Crippen molar-refractivity contribution >= 4 is 25.8 Å². The van der Waals surface area contributed by atoms with Crippen molar-refractivity contribution in [2.45, 2.75) is 41.2 Å². The van der Waals surface area contributed by atoms with Crippen molar-refractivity contribution in [1.82, 2.24) is 9.21 Å². The number of benzene rings is 2. The van der Waals surface area contributed by atoms with Crippen LogP contribution in [0.15, 0.2) is 52.3 Å². The van der Waals surface area contributed by atoms with E-state index in [9.17, 15) is 30.4 Å². The second kappa shape index (κ2) is 9.11. The molecule has 0 radical (unpaired) electrons. The summed E-state index contributed by atoms with van der Waals surface area (Å²) in [5, 5.41) is 0. The highest BCUT2D eigenvalue weighted by Crippen LogP contribution is 2.26. The van der Waals surface area contributed by atoms with Crippen LogP contribution in [0.4, 0.5) is 8.78 Å². The third-order valence-electron chi connectivity index (χ3n) is 6.15. The van der Waals surface area contributed by atoms with Crippen LogP contribution >= 0.6 is 0 Å². The summed E-state index contributed by atoms with van der Waals surface area (Å²) in [4.78, 5) is 13.9. The molecule has 0 unspecified atom stereocenters. The van der Waals surface area contributed by atoms with Crippen LogP contribution in [0, 0.1) is 0 Å². The summed E-state index contributed by atoms with van der Waals surface area (Å²) >= 11 is 0. The van der Waals surface area contributed by atoms with E-state index in [1.54, 1.807) is 12.1 Å². The Balaban J connectivity index is 1.43. The number of fused-ring (bicyclic) bond motifs is 1. The zero-order valence-electron chi connectivity index (χ0n) is 17.8. The fourth-order valence-electron chi connectivity index (χ4n) is 4.22. The molecule has 1 heterocycles. The highest BCUT2D eigenvalue weighted by Gasteiger charge is 2.31. The van der Waals surface area contributed by atoms with Crippen molar-refractivity contribution in [2.75, 3.05) is 26.2 Å². The van der Waals surface area contributed by atoms with Gasteiger partial charge >= 0.3 is 5.76 Å². The molecule has 1 saturated heterocycles. The van der Waals surface area contributed by atoms with Gasteiger partial charge in [-0.3, -0.25) is 4.79 Å². The van der Waals surface area contributed by atoms with E-state index in [0.29, 0.717) is 0 Å². The fraction of sp³-hybridized carbons (Fsp3) is 0.409. The molecule has 2 aromatic rings. The Morgan fingerprint density at radius 3 is 1.97 bits per heavy atom. The summed E-state index contributed by atoms with van der Waals surface area (Å²) in [6.45, 7) is 0.589. The topological polar surface area (TPSA) is 91.8 Å². The highest BCUT2D eigenvalue weighted by atomic mass is 32.2. The van der Waals surface area contributed by atoms with Gasteiger partial charge in [0.15, 0.2) is 0 Å². The minimum Gasteiger partial charge on any atom is -0.336 e. The Labute approximate surface area is 192 Å². The number of halogens is 2. The average Bonchev–Trinajstić information content (AvgIpc) is 2.83. The quantitative estimate of drug-likeness (QED) is 0.632. The van der Waals surface area contributed by atoms with E-state index in [2.05, 4.69) is 0 Å². The molecule has 2 aliphatic rings. The first-order valence-corrected chi connectivity index (χ1v) is 13.6. The Morgan fingerprint density at radius 2 is 1.36 bits per heavy atom. The lowest BCUT2D eigenvalue weighted by Gasteiger charge is -2.34. The standard InChI is InChI=1S/C22H24F2N2O5S2/c23-22(24)32(28,29)19-8-6-17(7-9-19)21(27)25-11-13-26(14-12-25)33(30,31)20-10-5-16-3-1-2-4-18(16)15-20/h5-10,15,22H,1-4,11-14H2.